The molecule has 2 fully saturated rings. The van der Waals surface area contributed by atoms with Crippen LogP contribution in [0.4, 0.5) is 4.79 Å². The van der Waals surface area contributed by atoms with Crippen molar-refractivity contribution < 1.29 is 19.1 Å². The van der Waals surface area contributed by atoms with Crippen molar-refractivity contribution in [1.29, 1.82) is 0 Å². The summed E-state index contributed by atoms with van der Waals surface area (Å²) in [6, 6.07) is 7.08. The summed E-state index contributed by atoms with van der Waals surface area (Å²) in [4.78, 5) is 44.7. The Morgan fingerprint density at radius 3 is 2.29 bits per heavy atom. The molecule has 8 heteroatoms. The number of hydrogen-bond acceptors (Lipinski definition) is 5. The standard InChI is InChI=1S/C26H36N4O4/c1-4-30-21(17-28-13-15-29(16-14-28)24(31)20-7-6-8-20)22(25(32)34-5-2)23(27-26(30)33)19-11-9-18(3)10-12-19/h9-12,20,23H,4-8,13-17H2,1-3H3,(H,27,33). The van der Waals surface area contributed by atoms with Crippen molar-refractivity contribution in [2.24, 2.45) is 5.92 Å². The first-order chi connectivity index (χ1) is 16.4. The van der Waals surface area contributed by atoms with Crippen LogP contribution in [-0.4, -0.2) is 78.5 Å². The zero-order valence-electron chi connectivity index (χ0n) is 20.5. The van der Waals surface area contributed by atoms with Gasteiger partial charge in [0.2, 0.25) is 5.91 Å². The third-order valence-electron chi connectivity index (χ3n) is 7.17. The number of urea groups is 1. The molecule has 1 aliphatic carbocycles. The van der Waals surface area contributed by atoms with E-state index in [0.29, 0.717) is 50.5 Å². The number of benzene rings is 1. The van der Waals surface area contributed by atoms with E-state index in [1.54, 1.807) is 11.8 Å². The van der Waals surface area contributed by atoms with Crippen LogP contribution in [0.25, 0.3) is 0 Å². The van der Waals surface area contributed by atoms with Crippen LogP contribution < -0.4 is 5.32 Å². The Bertz CT molecular complexity index is 946. The van der Waals surface area contributed by atoms with E-state index in [9.17, 15) is 14.4 Å². The molecular formula is C26H36N4O4. The molecule has 4 rings (SSSR count). The van der Waals surface area contributed by atoms with Crippen LogP contribution in [0, 0.1) is 12.8 Å². The number of hydrogen-bond donors (Lipinski definition) is 1. The molecule has 1 saturated carbocycles. The quantitative estimate of drug-likeness (QED) is 0.623. The van der Waals surface area contributed by atoms with Gasteiger partial charge in [0.15, 0.2) is 0 Å². The van der Waals surface area contributed by atoms with Gasteiger partial charge in [0.1, 0.15) is 0 Å². The van der Waals surface area contributed by atoms with Crippen molar-refractivity contribution in [2.45, 2.75) is 46.1 Å². The van der Waals surface area contributed by atoms with E-state index >= 15 is 0 Å². The molecule has 1 unspecified atom stereocenters. The molecule has 1 saturated heterocycles. The Balaban J connectivity index is 1.60. The lowest BCUT2D eigenvalue weighted by atomic mass is 9.84. The predicted octanol–water partition coefficient (Wildman–Crippen LogP) is 2.84. The number of aryl methyl sites for hydroxylation is 1. The number of piperazine rings is 1. The maximum Gasteiger partial charge on any atom is 0.338 e. The highest BCUT2D eigenvalue weighted by molar-refractivity contribution is 5.95. The lowest BCUT2D eigenvalue weighted by molar-refractivity contribution is -0.140. The van der Waals surface area contributed by atoms with E-state index in [1.165, 1.54) is 0 Å². The number of carbonyl (C=O) groups is 3. The van der Waals surface area contributed by atoms with Gasteiger partial charge in [-0.15, -0.1) is 0 Å². The highest BCUT2D eigenvalue weighted by atomic mass is 16.5. The third kappa shape index (κ3) is 4.97. The Kier molecular flexibility index (Phi) is 7.56. The van der Waals surface area contributed by atoms with Gasteiger partial charge in [0, 0.05) is 50.9 Å². The lowest BCUT2D eigenvalue weighted by Crippen LogP contribution is -2.54. The molecule has 184 valence electrons. The average Bonchev–Trinajstić information content (AvgIpc) is 2.79. The van der Waals surface area contributed by atoms with Crippen molar-refractivity contribution in [3.8, 4) is 0 Å². The minimum atomic E-state index is -0.563. The second-order valence-corrected chi connectivity index (χ2v) is 9.35. The second-order valence-electron chi connectivity index (χ2n) is 9.35. The summed E-state index contributed by atoms with van der Waals surface area (Å²) in [6.07, 6.45) is 3.17. The number of rotatable bonds is 7. The molecule has 1 aromatic rings. The summed E-state index contributed by atoms with van der Waals surface area (Å²) >= 11 is 0. The number of nitrogens with one attached hydrogen (secondary N) is 1. The largest absolute Gasteiger partial charge is 0.463 e. The molecule has 2 aliphatic heterocycles. The fourth-order valence-corrected chi connectivity index (χ4v) is 4.92. The van der Waals surface area contributed by atoms with Crippen molar-refractivity contribution in [2.75, 3.05) is 45.9 Å². The Morgan fingerprint density at radius 2 is 1.74 bits per heavy atom. The normalized spacial score (nSPS) is 21.9. The summed E-state index contributed by atoms with van der Waals surface area (Å²) in [7, 11) is 0. The topological polar surface area (TPSA) is 82.2 Å². The Morgan fingerprint density at radius 1 is 1.06 bits per heavy atom. The number of amides is 3. The van der Waals surface area contributed by atoms with Crippen LogP contribution >= 0.6 is 0 Å². The smallest absolute Gasteiger partial charge is 0.338 e. The number of esters is 1. The molecule has 3 aliphatic rings. The molecule has 0 radical (unpaired) electrons. The SMILES string of the molecule is CCOC(=O)C1=C(CN2CCN(C(=O)C3CCC3)CC2)N(CC)C(=O)NC1c1ccc(C)cc1. The van der Waals surface area contributed by atoms with E-state index in [-0.39, 0.29) is 24.5 Å². The van der Waals surface area contributed by atoms with Gasteiger partial charge in [-0.2, -0.15) is 0 Å². The van der Waals surface area contributed by atoms with Crippen LogP contribution in [0.15, 0.2) is 35.5 Å². The van der Waals surface area contributed by atoms with Gasteiger partial charge < -0.3 is 15.0 Å². The van der Waals surface area contributed by atoms with E-state index in [0.717, 1.165) is 30.4 Å². The maximum atomic E-state index is 13.2. The molecule has 0 aromatic heterocycles. The van der Waals surface area contributed by atoms with Crippen LogP contribution in [0.1, 0.15) is 50.3 Å². The maximum absolute atomic E-state index is 13.2. The van der Waals surface area contributed by atoms with Gasteiger partial charge >= 0.3 is 12.0 Å². The first kappa shape index (κ1) is 24.3. The number of likely N-dealkylation sites (N-methyl/N-ethyl adjacent to an activating group) is 1. The van der Waals surface area contributed by atoms with Crippen LogP contribution in [0.2, 0.25) is 0 Å². The first-order valence-corrected chi connectivity index (χ1v) is 12.5. The molecule has 1 aromatic carbocycles. The summed E-state index contributed by atoms with van der Waals surface area (Å²) in [5.74, 6) is 0.0851. The van der Waals surface area contributed by atoms with E-state index in [1.807, 2.05) is 43.0 Å². The molecule has 1 atom stereocenters. The lowest BCUT2D eigenvalue weighted by Gasteiger charge is -2.41. The van der Waals surface area contributed by atoms with E-state index in [4.69, 9.17) is 4.74 Å². The van der Waals surface area contributed by atoms with Crippen molar-refractivity contribution in [3.05, 3.63) is 46.7 Å². The Hall–Kier alpha value is -2.87. The minimum Gasteiger partial charge on any atom is -0.463 e. The molecule has 0 spiro atoms. The average molecular weight is 469 g/mol. The van der Waals surface area contributed by atoms with Gasteiger partial charge in [-0.05, 0) is 39.2 Å². The molecular weight excluding hydrogens is 432 g/mol. The number of ether oxygens (including phenoxy) is 1. The summed E-state index contributed by atoms with van der Waals surface area (Å²) < 4.78 is 5.45. The number of carbonyl (C=O) groups excluding carboxylic acids is 3. The van der Waals surface area contributed by atoms with Crippen molar-refractivity contribution in [3.63, 3.8) is 0 Å². The van der Waals surface area contributed by atoms with Gasteiger partial charge in [0.05, 0.1) is 18.2 Å². The van der Waals surface area contributed by atoms with E-state index in [2.05, 4.69) is 10.2 Å². The molecule has 1 N–H and O–H groups in total. The predicted molar refractivity (Wildman–Crippen MR) is 129 cm³/mol. The summed E-state index contributed by atoms with van der Waals surface area (Å²) in [5.41, 5.74) is 3.14. The van der Waals surface area contributed by atoms with Crippen molar-refractivity contribution in [1.82, 2.24) is 20.0 Å². The van der Waals surface area contributed by atoms with Gasteiger partial charge in [0.25, 0.3) is 0 Å². The summed E-state index contributed by atoms with van der Waals surface area (Å²) in [6.45, 7) is 9.66. The molecule has 8 nitrogen and oxygen atoms in total. The molecule has 34 heavy (non-hydrogen) atoms. The fourth-order valence-electron chi connectivity index (χ4n) is 4.92. The van der Waals surface area contributed by atoms with Crippen LogP contribution in [0.5, 0.6) is 0 Å². The van der Waals surface area contributed by atoms with Gasteiger partial charge in [-0.25, -0.2) is 9.59 Å². The zero-order valence-corrected chi connectivity index (χ0v) is 20.5. The second kappa shape index (κ2) is 10.6. The van der Waals surface area contributed by atoms with Crippen LogP contribution in [-0.2, 0) is 14.3 Å². The molecule has 2 heterocycles. The monoisotopic (exact) mass is 468 g/mol. The van der Waals surface area contributed by atoms with Gasteiger partial charge in [-0.3, -0.25) is 14.6 Å². The van der Waals surface area contributed by atoms with Crippen molar-refractivity contribution >= 4 is 17.9 Å². The third-order valence-corrected chi connectivity index (χ3v) is 7.17. The van der Waals surface area contributed by atoms with Crippen LogP contribution in [0.3, 0.4) is 0 Å². The van der Waals surface area contributed by atoms with Gasteiger partial charge in [-0.1, -0.05) is 36.2 Å². The molecule has 3 amide bonds. The highest BCUT2D eigenvalue weighted by Gasteiger charge is 2.39. The zero-order chi connectivity index (χ0) is 24.2. The highest BCUT2D eigenvalue weighted by Crippen LogP contribution is 2.33. The van der Waals surface area contributed by atoms with E-state index < -0.39 is 12.0 Å². The molecule has 0 bridgehead atoms. The Labute approximate surface area is 201 Å². The summed E-state index contributed by atoms with van der Waals surface area (Å²) in [5, 5.41) is 3.01. The first-order valence-electron chi connectivity index (χ1n) is 12.5. The fraction of sp³-hybridized carbons (Fsp3) is 0.577. The number of nitrogens with zero attached hydrogens (tertiary/aromatic N) is 3. The minimum absolute atomic E-state index is 0.206.